The molecule has 62 heavy (non-hydrogen) atoms. The maximum absolute atomic E-state index is 13.1. The van der Waals surface area contributed by atoms with Gasteiger partial charge < -0.3 is 20.4 Å². The van der Waals surface area contributed by atoms with E-state index in [1.165, 1.54) is 46.9 Å². The number of nitrogens with one attached hydrogen (secondary N) is 2. The third kappa shape index (κ3) is 14.4. The number of anilines is 2. The Morgan fingerprint density at radius 3 is 1.50 bits per heavy atom. The Balaban J connectivity index is 0.000000574. The number of amides is 2. The molecular formula is C40H60N8O12S2. The standard InChI is InChI=1S/2C18H24N4O6S.2C2H6/c1-12-17(20(3)11-29(26,27)28)18(25)22(21(12)4)14-7-5-6-13(10-14)15(23)8-9-16(24)19-2;1-12-17(20(3)11-29(26,27)28)18(25)22(21(12)4)14-8-6-5-7-13(14)15(23)9-10-16(24)19-2;2*1-2/h5-7,10H,8-9,11H2,1-4H3,(H,19,24)(H,26,27,28);5-8H,9-11H2,1-4H3,(H,19,24)(H,26,27,28);2*1-2H3. The van der Waals surface area contributed by atoms with Crippen molar-refractivity contribution < 1.29 is 45.1 Å². The Bertz CT molecular complexity index is 2550. The molecule has 0 bridgehead atoms. The molecule has 4 N–H and O–H groups in total. The van der Waals surface area contributed by atoms with E-state index in [0.29, 0.717) is 28.3 Å². The van der Waals surface area contributed by atoms with Gasteiger partial charge in [-0.25, -0.2) is 9.36 Å². The fourth-order valence-electron chi connectivity index (χ4n) is 6.14. The minimum absolute atomic E-state index is 0.0209. The third-order valence-electron chi connectivity index (χ3n) is 9.08. The number of hydrogen-bond acceptors (Lipinski definition) is 12. The number of ketones is 2. The van der Waals surface area contributed by atoms with Gasteiger partial charge in [-0.2, -0.15) is 16.8 Å². The molecule has 0 unspecified atom stereocenters. The van der Waals surface area contributed by atoms with Crippen LogP contribution < -0.4 is 31.6 Å². The molecule has 0 fully saturated rings. The van der Waals surface area contributed by atoms with E-state index in [-0.39, 0.29) is 66.0 Å². The lowest BCUT2D eigenvalue weighted by Crippen LogP contribution is -2.31. The highest BCUT2D eigenvalue weighted by Crippen LogP contribution is 2.22. The van der Waals surface area contributed by atoms with Gasteiger partial charge in [-0.3, -0.25) is 47.2 Å². The summed E-state index contributed by atoms with van der Waals surface area (Å²) in [6.07, 6.45) is 0.0946. The van der Waals surface area contributed by atoms with Crippen molar-refractivity contribution in [2.45, 2.75) is 67.2 Å². The molecule has 4 rings (SSSR count). The molecule has 2 amide bonds. The van der Waals surface area contributed by atoms with Crippen LogP contribution >= 0.6 is 0 Å². The third-order valence-corrected chi connectivity index (χ3v) is 10.5. The molecular weight excluding hydrogens is 849 g/mol. The van der Waals surface area contributed by atoms with E-state index >= 15 is 0 Å². The quantitative estimate of drug-likeness (QED) is 0.0931. The van der Waals surface area contributed by atoms with E-state index in [1.807, 2.05) is 27.7 Å². The van der Waals surface area contributed by atoms with Crippen LogP contribution in [0, 0.1) is 13.8 Å². The minimum atomic E-state index is -4.34. The lowest BCUT2D eigenvalue weighted by molar-refractivity contribution is -0.121. The van der Waals surface area contributed by atoms with Crippen molar-refractivity contribution in [3.63, 3.8) is 0 Å². The lowest BCUT2D eigenvalue weighted by Gasteiger charge is -2.15. The van der Waals surface area contributed by atoms with Crippen LogP contribution in [0.5, 0.6) is 0 Å². The van der Waals surface area contributed by atoms with Crippen LogP contribution in [0.1, 0.15) is 85.5 Å². The van der Waals surface area contributed by atoms with Crippen molar-refractivity contribution in [3.05, 3.63) is 91.8 Å². The van der Waals surface area contributed by atoms with Crippen LogP contribution in [0.3, 0.4) is 0 Å². The monoisotopic (exact) mass is 908 g/mol. The molecule has 0 aliphatic rings. The first-order chi connectivity index (χ1) is 28.9. The largest absolute Gasteiger partial charge is 0.359 e. The zero-order valence-corrected chi connectivity index (χ0v) is 39.0. The van der Waals surface area contributed by atoms with Crippen molar-refractivity contribution in [1.82, 2.24) is 29.4 Å². The Morgan fingerprint density at radius 1 is 0.629 bits per heavy atom. The molecule has 0 spiro atoms. The summed E-state index contributed by atoms with van der Waals surface area (Å²) in [6.45, 7) is 11.3. The summed E-state index contributed by atoms with van der Waals surface area (Å²) in [7, 11) is 0.324. The summed E-state index contributed by atoms with van der Waals surface area (Å²) < 4.78 is 68.6. The van der Waals surface area contributed by atoms with Crippen molar-refractivity contribution >= 4 is 55.0 Å². The Kier molecular flexibility index (Phi) is 20.9. The molecule has 2 heterocycles. The van der Waals surface area contributed by atoms with Crippen LogP contribution in [0.15, 0.2) is 58.1 Å². The highest BCUT2D eigenvalue weighted by molar-refractivity contribution is 7.86. The summed E-state index contributed by atoms with van der Waals surface area (Å²) in [4.78, 5) is 76.2. The Hall–Kier alpha value is -5.84. The van der Waals surface area contributed by atoms with Gasteiger partial charge in [0, 0.05) is 79.1 Å². The van der Waals surface area contributed by atoms with E-state index in [4.69, 9.17) is 9.11 Å². The SMILES string of the molecule is CC.CC.CNC(=O)CCC(=O)c1cccc(-n2c(=O)c(N(C)CS(=O)(=O)O)c(C)n2C)c1.CNC(=O)CCC(=O)c1ccccc1-n1c(=O)c(N(C)CS(=O)(=O)O)c(C)n1C. The zero-order valence-electron chi connectivity index (χ0n) is 37.3. The minimum Gasteiger partial charge on any atom is -0.359 e. The number of carbonyl (C=O) groups excluding carboxylic acids is 4. The zero-order chi connectivity index (χ0) is 47.9. The van der Waals surface area contributed by atoms with Gasteiger partial charge in [-0.15, -0.1) is 0 Å². The van der Waals surface area contributed by atoms with Crippen LogP contribution in [-0.4, -0.2) is 108 Å². The van der Waals surface area contributed by atoms with Crippen molar-refractivity contribution in [1.29, 1.82) is 0 Å². The van der Waals surface area contributed by atoms with Gasteiger partial charge in [0.15, 0.2) is 11.6 Å². The smallest absolute Gasteiger partial charge is 0.295 e. The lowest BCUT2D eigenvalue weighted by atomic mass is 10.0. The number of nitrogens with zero attached hydrogens (tertiary/aromatic N) is 6. The number of benzene rings is 2. The van der Waals surface area contributed by atoms with Crippen LogP contribution in [-0.2, 0) is 43.9 Å². The molecule has 0 atom stereocenters. The first-order valence-corrected chi connectivity index (χ1v) is 22.7. The molecule has 0 aliphatic heterocycles. The summed E-state index contributed by atoms with van der Waals surface area (Å²) in [6, 6.07) is 12.9. The predicted molar refractivity (Wildman–Crippen MR) is 239 cm³/mol. The predicted octanol–water partition coefficient (Wildman–Crippen LogP) is 3.00. The summed E-state index contributed by atoms with van der Waals surface area (Å²) >= 11 is 0. The number of rotatable bonds is 16. The van der Waals surface area contributed by atoms with Crippen LogP contribution in [0.25, 0.3) is 11.4 Å². The number of carbonyl (C=O) groups is 4. The van der Waals surface area contributed by atoms with E-state index in [2.05, 4.69) is 10.6 Å². The van der Waals surface area contributed by atoms with Gasteiger partial charge in [0.2, 0.25) is 11.8 Å². The van der Waals surface area contributed by atoms with Gasteiger partial charge in [-0.1, -0.05) is 52.0 Å². The van der Waals surface area contributed by atoms with E-state index in [9.17, 15) is 45.6 Å². The molecule has 344 valence electrons. The first kappa shape index (κ1) is 54.2. The van der Waals surface area contributed by atoms with E-state index < -0.39 is 43.1 Å². The number of aromatic nitrogens is 4. The Labute approximate surface area is 362 Å². The average molecular weight is 909 g/mol. The second-order valence-corrected chi connectivity index (χ2v) is 16.1. The van der Waals surface area contributed by atoms with Crippen molar-refractivity contribution in [2.75, 3.05) is 49.7 Å². The molecule has 2 aromatic heterocycles. The molecule has 0 radical (unpaired) electrons. The fourth-order valence-corrected chi connectivity index (χ4v) is 7.37. The average Bonchev–Trinajstić information content (AvgIpc) is 3.59. The van der Waals surface area contributed by atoms with Gasteiger partial charge in [0.05, 0.1) is 22.8 Å². The fraction of sp³-hybridized carbons (Fsp3) is 0.450. The second kappa shape index (κ2) is 24.0. The highest BCUT2D eigenvalue weighted by Gasteiger charge is 2.25. The van der Waals surface area contributed by atoms with Gasteiger partial charge >= 0.3 is 0 Å². The van der Waals surface area contributed by atoms with Crippen molar-refractivity contribution in [2.24, 2.45) is 14.1 Å². The van der Waals surface area contributed by atoms with Crippen LogP contribution in [0.2, 0.25) is 0 Å². The summed E-state index contributed by atoms with van der Waals surface area (Å²) in [5.41, 5.74) is 1.45. The molecule has 4 aromatic rings. The van der Waals surface area contributed by atoms with E-state index in [0.717, 1.165) is 9.80 Å². The number of hydrogen-bond donors (Lipinski definition) is 4. The van der Waals surface area contributed by atoms with Gasteiger partial charge in [0.1, 0.15) is 23.1 Å². The van der Waals surface area contributed by atoms with Crippen LogP contribution in [0.4, 0.5) is 11.4 Å². The highest BCUT2D eigenvalue weighted by atomic mass is 32.2. The normalized spacial score (nSPS) is 10.8. The molecule has 20 nitrogen and oxygen atoms in total. The number of para-hydroxylation sites is 1. The summed E-state index contributed by atoms with van der Waals surface area (Å²) in [5, 5.41) is 4.91. The maximum Gasteiger partial charge on any atom is 0.295 e. The molecule has 0 aliphatic carbocycles. The van der Waals surface area contributed by atoms with E-state index in [1.54, 1.807) is 76.5 Å². The summed E-state index contributed by atoms with van der Waals surface area (Å²) in [5.74, 6) is -2.53. The topological polar surface area (TPSA) is 261 Å². The first-order valence-electron chi connectivity index (χ1n) is 19.5. The molecule has 0 saturated heterocycles. The Morgan fingerprint density at radius 2 is 1.05 bits per heavy atom. The molecule has 22 heteroatoms. The number of Topliss-reactive ketones (excluding diaryl/α,β-unsaturated/α-hetero) is 2. The van der Waals surface area contributed by atoms with Gasteiger partial charge in [-0.05, 0) is 38.1 Å². The van der Waals surface area contributed by atoms with Gasteiger partial charge in [0.25, 0.3) is 31.4 Å². The second-order valence-electron chi connectivity index (χ2n) is 13.2. The maximum atomic E-state index is 13.1. The molecule has 0 saturated carbocycles. The van der Waals surface area contributed by atoms with Crippen molar-refractivity contribution in [3.8, 4) is 11.4 Å². The molecule has 2 aromatic carbocycles.